The number of hydrogen-bond acceptors (Lipinski definition) is 3. The maximum atomic E-state index is 11.7. The lowest BCUT2D eigenvalue weighted by Gasteiger charge is -2.19. The van der Waals surface area contributed by atoms with Gasteiger partial charge < -0.3 is 15.7 Å². The van der Waals surface area contributed by atoms with Crippen LogP contribution >= 0.6 is 0 Å². The van der Waals surface area contributed by atoms with Crippen molar-refractivity contribution < 1.29 is 18.9 Å². The normalized spacial score (nSPS) is 15.3. The van der Waals surface area contributed by atoms with E-state index in [1.54, 1.807) is 6.26 Å². The number of amides is 2. The van der Waals surface area contributed by atoms with Gasteiger partial charge in [-0.05, 0) is 19.8 Å². The van der Waals surface area contributed by atoms with Crippen LogP contribution in [0.5, 0.6) is 0 Å². The molecule has 0 aromatic rings. The second-order valence-electron chi connectivity index (χ2n) is 4.67. The molecule has 7 heteroatoms. The Bertz CT molecular complexity index is 323. The summed E-state index contributed by atoms with van der Waals surface area (Å²) in [6, 6.07) is -0.805. The Morgan fingerprint density at radius 1 is 1.26 bits per heavy atom. The first kappa shape index (κ1) is 17.9. The van der Waals surface area contributed by atoms with Gasteiger partial charge in [0.25, 0.3) is 0 Å². The lowest BCUT2D eigenvalue weighted by Crippen LogP contribution is -2.46. The predicted octanol–water partition coefficient (Wildman–Crippen LogP) is 1.09. The van der Waals surface area contributed by atoms with Gasteiger partial charge in [-0.1, -0.05) is 13.3 Å². The van der Waals surface area contributed by atoms with E-state index in [9.17, 15) is 13.8 Å². The molecule has 0 heterocycles. The number of carboxylic acid groups (broad SMARTS) is 1. The first-order valence-corrected chi connectivity index (χ1v) is 8.16. The average Bonchev–Trinajstić information content (AvgIpc) is 2.25. The molecule has 6 nitrogen and oxygen atoms in total. The molecule has 3 atom stereocenters. The van der Waals surface area contributed by atoms with Gasteiger partial charge in [-0.25, -0.2) is 4.79 Å². The van der Waals surface area contributed by atoms with E-state index < -0.39 is 16.8 Å². The average molecular weight is 292 g/mol. The zero-order valence-corrected chi connectivity index (χ0v) is 12.6. The number of rotatable bonds is 9. The summed E-state index contributed by atoms with van der Waals surface area (Å²) in [6.07, 6.45) is 3.62. The lowest BCUT2D eigenvalue weighted by atomic mass is 10.1. The standard InChI is InChI=1S/C12H24N2O4S/c1-4-5-10(8-11(15)16)14-12(17)13-9(2)6-7-19(3)18/h9-10H,4-8H2,1-3H3,(H,15,16)(H2,13,14,17). The van der Waals surface area contributed by atoms with Gasteiger partial charge in [0.2, 0.25) is 0 Å². The second kappa shape index (κ2) is 9.77. The fourth-order valence-electron chi connectivity index (χ4n) is 1.65. The summed E-state index contributed by atoms with van der Waals surface area (Å²) >= 11 is 0. The molecule has 2 amide bonds. The van der Waals surface area contributed by atoms with E-state index >= 15 is 0 Å². The number of carbonyl (C=O) groups excluding carboxylic acids is 1. The van der Waals surface area contributed by atoms with Crippen LogP contribution in [0, 0.1) is 0 Å². The molecule has 0 saturated carbocycles. The summed E-state index contributed by atoms with van der Waals surface area (Å²) in [5.41, 5.74) is 0. The molecule has 19 heavy (non-hydrogen) atoms. The Balaban J connectivity index is 4.10. The Morgan fingerprint density at radius 2 is 1.89 bits per heavy atom. The third-order valence-electron chi connectivity index (χ3n) is 2.61. The molecule has 0 aromatic carbocycles. The molecule has 0 rings (SSSR count). The van der Waals surface area contributed by atoms with Crippen LogP contribution < -0.4 is 10.6 Å². The van der Waals surface area contributed by atoms with E-state index in [1.807, 2.05) is 13.8 Å². The molecule has 0 aromatic heterocycles. The summed E-state index contributed by atoms with van der Waals surface area (Å²) in [5, 5.41) is 14.1. The summed E-state index contributed by atoms with van der Waals surface area (Å²) in [5.74, 6) is -0.386. The van der Waals surface area contributed by atoms with Gasteiger partial charge in [-0.15, -0.1) is 0 Å². The monoisotopic (exact) mass is 292 g/mol. The maximum absolute atomic E-state index is 11.7. The third-order valence-corrected chi connectivity index (χ3v) is 3.42. The molecule has 0 fully saturated rings. The molecule has 112 valence electrons. The van der Waals surface area contributed by atoms with Crippen LogP contribution in [0.15, 0.2) is 0 Å². The topological polar surface area (TPSA) is 95.5 Å². The van der Waals surface area contributed by atoms with Crippen LogP contribution in [0.3, 0.4) is 0 Å². The van der Waals surface area contributed by atoms with Crippen molar-refractivity contribution in [1.29, 1.82) is 0 Å². The van der Waals surface area contributed by atoms with E-state index in [1.165, 1.54) is 0 Å². The molecular formula is C12H24N2O4S. The van der Waals surface area contributed by atoms with Crippen LogP contribution in [-0.2, 0) is 15.6 Å². The Kier molecular flexibility index (Phi) is 9.20. The molecule has 0 aliphatic heterocycles. The van der Waals surface area contributed by atoms with E-state index in [0.717, 1.165) is 6.42 Å². The molecule has 3 N–H and O–H groups in total. The third kappa shape index (κ3) is 10.5. The fourth-order valence-corrected chi connectivity index (χ4v) is 2.34. The highest BCUT2D eigenvalue weighted by Crippen LogP contribution is 2.02. The summed E-state index contributed by atoms with van der Waals surface area (Å²) in [4.78, 5) is 22.3. The number of nitrogens with one attached hydrogen (secondary N) is 2. The van der Waals surface area contributed by atoms with Gasteiger partial charge >= 0.3 is 12.0 Å². The summed E-state index contributed by atoms with van der Waals surface area (Å²) < 4.78 is 10.9. The number of urea groups is 1. The van der Waals surface area contributed by atoms with Crippen LogP contribution in [0.4, 0.5) is 4.79 Å². The minimum atomic E-state index is -0.923. The van der Waals surface area contributed by atoms with Crippen LogP contribution in [0.25, 0.3) is 0 Å². The Hall–Kier alpha value is -1.11. The molecule has 0 spiro atoms. The van der Waals surface area contributed by atoms with Crippen molar-refractivity contribution in [1.82, 2.24) is 10.6 Å². The SMILES string of the molecule is CCCC(CC(=O)O)NC(=O)NC(C)CCS(C)=O. The maximum Gasteiger partial charge on any atom is 0.315 e. The minimum Gasteiger partial charge on any atom is -0.481 e. The molecule has 3 unspecified atom stereocenters. The van der Waals surface area contributed by atoms with Crippen molar-refractivity contribution in [2.24, 2.45) is 0 Å². The van der Waals surface area contributed by atoms with E-state index in [0.29, 0.717) is 18.6 Å². The van der Waals surface area contributed by atoms with Crippen molar-refractivity contribution in [2.45, 2.75) is 51.6 Å². The first-order valence-electron chi connectivity index (χ1n) is 6.44. The molecule has 0 bridgehead atoms. The van der Waals surface area contributed by atoms with Gasteiger partial charge in [-0.2, -0.15) is 0 Å². The fraction of sp³-hybridized carbons (Fsp3) is 0.833. The van der Waals surface area contributed by atoms with Crippen molar-refractivity contribution in [3.05, 3.63) is 0 Å². The highest BCUT2D eigenvalue weighted by Gasteiger charge is 2.16. The van der Waals surface area contributed by atoms with Gasteiger partial charge in [0, 0.05) is 34.9 Å². The second-order valence-corrected chi connectivity index (χ2v) is 6.22. The van der Waals surface area contributed by atoms with Crippen molar-refractivity contribution in [3.63, 3.8) is 0 Å². The first-order chi connectivity index (χ1) is 8.85. The smallest absolute Gasteiger partial charge is 0.315 e. The molecule has 0 aliphatic carbocycles. The summed E-state index contributed by atoms with van der Waals surface area (Å²) in [6.45, 7) is 3.77. The minimum absolute atomic E-state index is 0.0748. The molecule has 0 radical (unpaired) electrons. The van der Waals surface area contributed by atoms with E-state index in [4.69, 9.17) is 5.11 Å². The molecule has 0 aliphatic rings. The zero-order valence-electron chi connectivity index (χ0n) is 11.8. The number of carbonyl (C=O) groups is 2. The Morgan fingerprint density at radius 3 is 2.37 bits per heavy atom. The number of aliphatic carboxylic acids is 1. The Labute approximate surface area is 116 Å². The van der Waals surface area contributed by atoms with Crippen LogP contribution in [0.2, 0.25) is 0 Å². The van der Waals surface area contributed by atoms with Gasteiger partial charge in [0.1, 0.15) is 0 Å². The van der Waals surface area contributed by atoms with Gasteiger partial charge in [0.15, 0.2) is 0 Å². The predicted molar refractivity (Wildman–Crippen MR) is 75.6 cm³/mol. The highest BCUT2D eigenvalue weighted by molar-refractivity contribution is 7.84. The number of hydrogen-bond donors (Lipinski definition) is 3. The van der Waals surface area contributed by atoms with Crippen molar-refractivity contribution in [3.8, 4) is 0 Å². The largest absolute Gasteiger partial charge is 0.481 e. The van der Waals surface area contributed by atoms with E-state index in [2.05, 4.69) is 10.6 Å². The summed E-state index contributed by atoms with van der Waals surface area (Å²) in [7, 11) is -0.872. The lowest BCUT2D eigenvalue weighted by molar-refractivity contribution is -0.137. The van der Waals surface area contributed by atoms with Crippen molar-refractivity contribution in [2.75, 3.05) is 12.0 Å². The van der Waals surface area contributed by atoms with Gasteiger partial charge in [0.05, 0.1) is 6.42 Å². The van der Waals surface area contributed by atoms with Crippen LogP contribution in [-0.4, -0.2) is 45.4 Å². The highest BCUT2D eigenvalue weighted by atomic mass is 32.2. The van der Waals surface area contributed by atoms with Gasteiger partial charge in [-0.3, -0.25) is 9.00 Å². The number of carboxylic acids is 1. The van der Waals surface area contributed by atoms with Crippen molar-refractivity contribution >= 4 is 22.8 Å². The zero-order chi connectivity index (χ0) is 14.8. The molecule has 0 saturated heterocycles. The quantitative estimate of drug-likeness (QED) is 0.592. The molecular weight excluding hydrogens is 268 g/mol. The van der Waals surface area contributed by atoms with E-state index in [-0.39, 0.29) is 24.5 Å². The van der Waals surface area contributed by atoms with Crippen LogP contribution in [0.1, 0.15) is 39.5 Å².